The number of hydrogen-bond acceptors (Lipinski definition) is 7. The second-order valence-electron chi connectivity index (χ2n) is 8.71. The summed E-state index contributed by atoms with van der Waals surface area (Å²) in [7, 11) is -8.03. The Bertz CT molecular complexity index is 1880. The number of sulfonamides is 2. The van der Waals surface area contributed by atoms with E-state index >= 15 is 0 Å². The third kappa shape index (κ3) is 4.92. The lowest BCUT2D eigenvalue weighted by Gasteiger charge is -2.22. The molecule has 0 fully saturated rings. The van der Waals surface area contributed by atoms with Gasteiger partial charge in [-0.25, -0.2) is 21.8 Å². The Morgan fingerprint density at radius 2 is 0.975 bits per heavy atom. The highest BCUT2D eigenvalue weighted by Gasteiger charge is 2.26. The van der Waals surface area contributed by atoms with Crippen molar-refractivity contribution in [2.45, 2.75) is 9.79 Å². The highest BCUT2D eigenvalue weighted by Crippen LogP contribution is 2.31. The van der Waals surface area contributed by atoms with Gasteiger partial charge in [0.2, 0.25) is 0 Å². The third-order valence-corrected chi connectivity index (χ3v) is 9.82. The first-order valence-corrected chi connectivity index (χ1v) is 14.9. The van der Waals surface area contributed by atoms with Gasteiger partial charge in [0.25, 0.3) is 20.0 Å². The summed E-state index contributed by atoms with van der Waals surface area (Å²) < 4.78 is 55.4. The second-order valence-corrected chi connectivity index (χ2v) is 12.4. The lowest BCUT2D eigenvalue weighted by molar-refractivity contribution is 0.591. The molecule has 198 valence electrons. The van der Waals surface area contributed by atoms with Crippen LogP contribution in [0.1, 0.15) is 0 Å². The topological polar surface area (TPSA) is 135 Å². The molecule has 1 heterocycles. The normalized spacial score (nSPS) is 11.6. The summed E-state index contributed by atoms with van der Waals surface area (Å²) in [5.74, 6) is 0. The molecule has 1 aromatic heterocycles. The molecule has 0 amide bonds. The molecule has 5 aromatic rings. The molecule has 0 aliphatic carbocycles. The van der Waals surface area contributed by atoms with Crippen molar-refractivity contribution < 1.29 is 16.8 Å². The Kier molecular flexibility index (Phi) is 7.09. The van der Waals surface area contributed by atoms with Crippen LogP contribution < -0.4 is 8.61 Å². The summed E-state index contributed by atoms with van der Waals surface area (Å²) >= 11 is 0. The monoisotopic (exact) mass is 567 g/mol. The van der Waals surface area contributed by atoms with Gasteiger partial charge in [0.05, 0.1) is 44.3 Å². The van der Waals surface area contributed by atoms with Crippen molar-refractivity contribution in [3.8, 4) is 12.1 Å². The van der Waals surface area contributed by atoms with E-state index in [1.54, 1.807) is 72.8 Å². The molecular weight excluding hydrogens is 546 g/mol. The van der Waals surface area contributed by atoms with Crippen LogP contribution in [0.25, 0.3) is 21.8 Å². The second kappa shape index (κ2) is 10.7. The highest BCUT2D eigenvalue weighted by molar-refractivity contribution is 7.93. The van der Waals surface area contributed by atoms with Crippen LogP contribution in [0.3, 0.4) is 0 Å². The minimum Gasteiger partial charge on any atom is -0.252 e. The summed E-state index contributed by atoms with van der Waals surface area (Å²) in [4.78, 5) is 4.79. The number of aromatic nitrogens is 1. The molecule has 5 rings (SSSR count). The fourth-order valence-corrected chi connectivity index (χ4v) is 7.06. The van der Waals surface area contributed by atoms with Gasteiger partial charge in [-0.2, -0.15) is 10.5 Å². The maximum atomic E-state index is 13.3. The summed E-state index contributed by atoms with van der Waals surface area (Å²) in [6.07, 6.45) is 0. The number of nitriles is 2. The smallest absolute Gasteiger partial charge is 0.252 e. The molecule has 11 heteroatoms. The van der Waals surface area contributed by atoms with Crippen LogP contribution in [0.5, 0.6) is 0 Å². The number of benzene rings is 4. The van der Waals surface area contributed by atoms with Gasteiger partial charge >= 0.3 is 0 Å². The quantitative estimate of drug-likeness (QED) is 0.194. The van der Waals surface area contributed by atoms with Gasteiger partial charge in [-0.3, -0.25) is 8.61 Å². The first kappa shape index (κ1) is 26.6. The van der Waals surface area contributed by atoms with Crippen molar-refractivity contribution in [2.24, 2.45) is 0 Å². The summed E-state index contributed by atoms with van der Waals surface area (Å²) in [5.41, 5.74) is 1.43. The molecule has 0 aliphatic rings. The van der Waals surface area contributed by atoms with Crippen LogP contribution in [0.15, 0.2) is 113 Å². The molecule has 0 atom stereocenters. The van der Waals surface area contributed by atoms with Crippen LogP contribution in [0, 0.1) is 22.7 Å². The van der Waals surface area contributed by atoms with E-state index in [1.165, 1.54) is 24.3 Å². The molecule has 0 aliphatic heterocycles. The van der Waals surface area contributed by atoms with E-state index in [9.17, 15) is 27.4 Å². The molecule has 0 unspecified atom stereocenters. The molecule has 0 spiro atoms. The Morgan fingerprint density at radius 1 is 0.575 bits per heavy atom. The minimum absolute atomic E-state index is 0.0543. The van der Waals surface area contributed by atoms with Gasteiger partial charge < -0.3 is 0 Å². The number of fused-ring (bicyclic) bond motifs is 2. The number of pyridine rings is 1. The van der Waals surface area contributed by atoms with E-state index in [1.807, 2.05) is 18.2 Å². The van der Waals surface area contributed by atoms with E-state index in [0.717, 1.165) is 19.4 Å². The highest BCUT2D eigenvalue weighted by atomic mass is 32.2. The zero-order valence-electron chi connectivity index (χ0n) is 20.9. The molecule has 0 radical (unpaired) electrons. The first-order valence-electron chi connectivity index (χ1n) is 12.0. The largest absolute Gasteiger partial charge is 0.265 e. The molecule has 4 aromatic carbocycles. The van der Waals surface area contributed by atoms with Crippen molar-refractivity contribution in [1.29, 1.82) is 10.5 Å². The Hall–Kier alpha value is -4.97. The Labute approximate surface area is 231 Å². The standard InChI is InChI=1S/C29H21N5O4S2/c30-15-17-33(39(35,36)26-7-3-1-4-8-26)24-13-11-22-19-23-12-14-25(21-29(23)32-28(22)20-24)34(18-16-31)40(37,38)27-9-5-2-6-10-27/h1-14,19-21H,17-18H2. The van der Waals surface area contributed by atoms with Crippen molar-refractivity contribution in [3.05, 3.63) is 103 Å². The van der Waals surface area contributed by atoms with Gasteiger partial charge in [-0.1, -0.05) is 48.5 Å². The maximum Gasteiger partial charge on any atom is 0.265 e. The zero-order valence-corrected chi connectivity index (χ0v) is 22.5. The van der Waals surface area contributed by atoms with Crippen molar-refractivity contribution in [3.63, 3.8) is 0 Å². The molecular formula is C29H21N5O4S2. The average molecular weight is 568 g/mol. The minimum atomic E-state index is -4.02. The summed E-state index contributed by atoms with van der Waals surface area (Å²) in [5, 5.41) is 20.2. The van der Waals surface area contributed by atoms with E-state index in [-0.39, 0.29) is 21.2 Å². The van der Waals surface area contributed by atoms with Gasteiger partial charge in [0.15, 0.2) is 0 Å². The van der Waals surface area contributed by atoms with Crippen molar-refractivity contribution in [1.82, 2.24) is 4.98 Å². The number of anilines is 2. The number of nitrogens with zero attached hydrogens (tertiary/aromatic N) is 5. The maximum absolute atomic E-state index is 13.3. The fourth-order valence-electron chi connectivity index (χ4n) is 4.31. The van der Waals surface area contributed by atoms with E-state index in [0.29, 0.717) is 11.0 Å². The van der Waals surface area contributed by atoms with Crippen LogP contribution in [-0.4, -0.2) is 34.9 Å². The first-order chi connectivity index (χ1) is 19.3. The van der Waals surface area contributed by atoms with E-state index in [2.05, 4.69) is 4.98 Å². The zero-order chi connectivity index (χ0) is 28.3. The van der Waals surface area contributed by atoms with Crippen LogP contribution in [-0.2, 0) is 20.0 Å². The van der Waals surface area contributed by atoms with E-state index in [4.69, 9.17) is 0 Å². The summed E-state index contributed by atoms with van der Waals surface area (Å²) in [6.45, 7) is -0.804. The van der Waals surface area contributed by atoms with Crippen molar-refractivity contribution >= 4 is 53.2 Å². The molecule has 0 N–H and O–H groups in total. The van der Waals surface area contributed by atoms with Gasteiger partial charge in [-0.15, -0.1) is 0 Å². The Morgan fingerprint density at radius 3 is 1.35 bits per heavy atom. The molecule has 40 heavy (non-hydrogen) atoms. The molecule has 0 saturated carbocycles. The van der Waals surface area contributed by atoms with E-state index < -0.39 is 33.1 Å². The number of hydrogen-bond donors (Lipinski definition) is 0. The SMILES string of the molecule is N#CCN(c1ccc2cc3ccc(N(CC#N)S(=O)(=O)c4ccccc4)cc3nc2c1)S(=O)(=O)c1ccccc1. The average Bonchev–Trinajstić information content (AvgIpc) is 2.98. The van der Waals surface area contributed by atoms with Gasteiger partial charge in [0, 0.05) is 10.8 Å². The predicted molar refractivity (Wildman–Crippen MR) is 152 cm³/mol. The van der Waals surface area contributed by atoms with Crippen LogP contribution in [0.4, 0.5) is 11.4 Å². The predicted octanol–water partition coefficient (Wildman–Crippen LogP) is 4.83. The van der Waals surface area contributed by atoms with Crippen LogP contribution in [0.2, 0.25) is 0 Å². The van der Waals surface area contributed by atoms with Crippen LogP contribution >= 0.6 is 0 Å². The van der Waals surface area contributed by atoms with Gasteiger partial charge in [-0.05, 0) is 54.6 Å². The van der Waals surface area contributed by atoms with Gasteiger partial charge in [0.1, 0.15) is 13.1 Å². The lowest BCUT2D eigenvalue weighted by atomic mass is 10.1. The third-order valence-electron chi connectivity index (χ3n) is 6.25. The summed E-state index contributed by atoms with van der Waals surface area (Å²) in [6, 6.07) is 31.2. The lowest BCUT2D eigenvalue weighted by Crippen LogP contribution is -2.31. The molecule has 9 nitrogen and oxygen atoms in total. The Balaban J connectivity index is 1.61. The fraction of sp³-hybridized carbons (Fsp3) is 0.0690. The molecule has 0 saturated heterocycles. The molecule has 0 bridgehead atoms. The number of rotatable bonds is 8. The van der Waals surface area contributed by atoms with Crippen molar-refractivity contribution in [2.75, 3.05) is 21.7 Å².